The molecule has 0 aromatic carbocycles. The number of carbonyl (C=O) groups is 1. The minimum atomic E-state index is -0.416. The van der Waals surface area contributed by atoms with Crippen LogP contribution in [0.25, 0.3) is 6.08 Å². The zero-order chi connectivity index (χ0) is 17.4. The molecule has 3 heterocycles. The van der Waals surface area contributed by atoms with Gasteiger partial charge in [-0.2, -0.15) is 0 Å². The van der Waals surface area contributed by atoms with E-state index in [4.69, 9.17) is 10.3 Å². The Balaban J connectivity index is 1.52. The monoisotopic (exact) mass is 358 g/mol. The number of amides is 1. The summed E-state index contributed by atoms with van der Waals surface area (Å²) in [6.45, 7) is 4.50. The number of hydrogen-bond donors (Lipinski definition) is 1. The van der Waals surface area contributed by atoms with E-state index in [9.17, 15) is 4.79 Å². The van der Waals surface area contributed by atoms with Crippen molar-refractivity contribution in [2.75, 3.05) is 19.8 Å². The van der Waals surface area contributed by atoms with Crippen LogP contribution in [0.5, 0.6) is 0 Å². The van der Waals surface area contributed by atoms with Crippen molar-refractivity contribution in [1.82, 2.24) is 15.0 Å². The van der Waals surface area contributed by atoms with Gasteiger partial charge in [0, 0.05) is 29.7 Å². The average molecular weight is 358 g/mol. The van der Waals surface area contributed by atoms with Crippen LogP contribution in [0.3, 0.4) is 0 Å². The first-order valence-electron chi connectivity index (χ1n) is 8.58. The summed E-state index contributed by atoms with van der Waals surface area (Å²) in [4.78, 5) is 18.6. The highest BCUT2D eigenvalue weighted by atomic mass is 32.1. The van der Waals surface area contributed by atoms with E-state index >= 15 is 0 Å². The number of aromatic nitrogens is 1. The first-order chi connectivity index (χ1) is 12.2. The highest BCUT2D eigenvalue weighted by Crippen LogP contribution is 2.56. The Labute approximate surface area is 150 Å². The molecule has 1 aliphatic carbocycles. The molecule has 1 saturated carbocycles. The molecule has 0 unspecified atom stereocenters. The molecular formula is C18H22N4O2S. The van der Waals surface area contributed by atoms with Crippen molar-refractivity contribution in [3.8, 4) is 0 Å². The number of rotatable bonds is 6. The fourth-order valence-electron chi connectivity index (χ4n) is 3.69. The third-order valence-corrected chi connectivity index (χ3v) is 6.29. The molecule has 2 aliphatic rings. The first-order valence-corrected chi connectivity index (χ1v) is 9.46. The summed E-state index contributed by atoms with van der Waals surface area (Å²) >= 11 is 1.65. The predicted molar refractivity (Wildman–Crippen MR) is 96.5 cm³/mol. The topological polar surface area (TPSA) is 75.6 Å². The predicted octanol–water partition coefficient (Wildman–Crippen LogP) is 2.25. The van der Waals surface area contributed by atoms with Crippen molar-refractivity contribution in [2.24, 2.45) is 11.7 Å². The molecule has 1 fully saturated rings. The summed E-state index contributed by atoms with van der Waals surface area (Å²) in [6.07, 6.45) is 6.46. The molecule has 7 heteroatoms. The largest absolute Gasteiger partial charge is 0.357 e. The van der Waals surface area contributed by atoms with Gasteiger partial charge in [0.15, 0.2) is 5.76 Å². The Morgan fingerprint density at radius 3 is 3.16 bits per heavy atom. The van der Waals surface area contributed by atoms with Gasteiger partial charge in [-0.05, 0) is 43.3 Å². The number of hydrogen-bond acceptors (Lipinski definition) is 6. The molecule has 2 aromatic rings. The molecule has 0 saturated heterocycles. The molecule has 2 atom stereocenters. The van der Waals surface area contributed by atoms with Gasteiger partial charge in [0.25, 0.3) is 0 Å². The molecule has 25 heavy (non-hydrogen) atoms. The number of carbonyl (C=O) groups excluding carboxylic acids is 1. The Kier molecular flexibility index (Phi) is 4.13. The Morgan fingerprint density at radius 2 is 2.48 bits per heavy atom. The number of likely N-dealkylation sites (N-methyl/N-ethyl adjacent to an activating group) is 1. The number of thiophene rings is 1. The van der Waals surface area contributed by atoms with E-state index in [2.05, 4.69) is 16.1 Å². The van der Waals surface area contributed by atoms with E-state index in [1.165, 1.54) is 0 Å². The van der Waals surface area contributed by atoms with Gasteiger partial charge in [-0.25, -0.2) is 0 Å². The maximum Gasteiger partial charge on any atom is 0.235 e. The molecule has 0 radical (unpaired) electrons. The normalized spacial score (nSPS) is 24.2. The van der Waals surface area contributed by atoms with E-state index in [0.717, 1.165) is 22.6 Å². The highest BCUT2D eigenvalue weighted by molar-refractivity contribution is 7.10. The van der Waals surface area contributed by atoms with E-state index in [1.54, 1.807) is 17.5 Å². The maximum atomic E-state index is 13.4. The minimum Gasteiger partial charge on any atom is -0.357 e. The lowest BCUT2D eigenvalue weighted by Crippen LogP contribution is -2.45. The van der Waals surface area contributed by atoms with Gasteiger partial charge >= 0.3 is 0 Å². The van der Waals surface area contributed by atoms with Crippen molar-refractivity contribution >= 4 is 23.3 Å². The molecule has 4 rings (SSSR count). The first kappa shape index (κ1) is 16.4. The minimum absolute atomic E-state index is 0.192. The van der Waals surface area contributed by atoms with Gasteiger partial charge in [-0.15, -0.1) is 11.3 Å². The van der Waals surface area contributed by atoms with Crippen LogP contribution >= 0.6 is 11.3 Å². The van der Waals surface area contributed by atoms with Gasteiger partial charge in [-0.3, -0.25) is 4.79 Å². The zero-order valence-corrected chi connectivity index (χ0v) is 15.0. The van der Waals surface area contributed by atoms with Crippen LogP contribution < -0.4 is 5.73 Å². The average Bonchev–Trinajstić information content (AvgIpc) is 3.00. The fraction of sp³-hybridized carbons (Fsp3) is 0.444. The van der Waals surface area contributed by atoms with Gasteiger partial charge in [0.05, 0.1) is 18.3 Å². The highest BCUT2D eigenvalue weighted by Gasteiger charge is 2.62. The second-order valence-electron chi connectivity index (χ2n) is 6.67. The van der Waals surface area contributed by atoms with Crippen molar-refractivity contribution < 1.29 is 9.32 Å². The summed E-state index contributed by atoms with van der Waals surface area (Å²) < 4.78 is 5.17. The van der Waals surface area contributed by atoms with Gasteiger partial charge in [-0.1, -0.05) is 11.2 Å². The molecule has 0 bridgehead atoms. The molecule has 1 amide bonds. The van der Waals surface area contributed by atoms with E-state index in [-0.39, 0.29) is 11.8 Å². The molecule has 0 spiro atoms. The van der Waals surface area contributed by atoms with E-state index < -0.39 is 5.41 Å². The summed E-state index contributed by atoms with van der Waals surface area (Å²) in [7, 11) is 0. The van der Waals surface area contributed by atoms with Crippen molar-refractivity contribution in [1.29, 1.82) is 0 Å². The van der Waals surface area contributed by atoms with Crippen molar-refractivity contribution in [2.45, 2.75) is 25.3 Å². The van der Waals surface area contributed by atoms with Crippen molar-refractivity contribution in [3.05, 3.63) is 46.1 Å². The van der Waals surface area contributed by atoms with Gasteiger partial charge < -0.3 is 20.1 Å². The van der Waals surface area contributed by atoms with Gasteiger partial charge in [0.1, 0.15) is 0 Å². The van der Waals surface area contributed by atoms with Gasteiger partial charge in [0.2, 0.25) is 5.91 Å². The molecule has 132 valence electrons. The second kappa shape index (κ2) is 6.31. The molecule has 2 N–H and O–H groups in total. The van der Waals surface area contributed by atoms with Crippen LogP contribution in [0, 0.1) is 5.92 Å². The summed E-state index contributed by atoms with van der Waals surface area (Å²) in [5.41, 5.74) is 6.55. The van der Waals surface area contributed by atoms with Crippen LogP contribution in [-0.2, 0) is 16.8 Å². The molecule has 2 aromatic heterocycles. The van der Waals surface area contributed by atoms with E-state index in [0.29, 0.717) is 26.3 Å². The quantitative estimate of drug-likeness (QED) is 0.857. The molecule has 1 aliphatic heterocycles. The number of nitrogens with two attached hydrogens (primary N) is 1. The smallest absolute Gasteiger partial charge is 0.235 e. The number of fused-ring (bicyclic) bond motifs is 1. The lowest BCUT2D eigenvalue weighted by atomic mass is 9.99. The van der Waals surface area contributed by atoms with Crippen LogP contribution in [0.2, 0.25) is 0 Å². The summed E-state index contributed by atoms with van der Waals surface area (Å²) in [5.74, 6) is 1.23. The Morgan fingerprint density at radius 1 is 1.60 bits per heavy atom. The van der Waals surface area contributed by atoms with E-state index in [1.807, 2.05) is 35.5 Å². The summed E-state index contributed by atoms with van der Waals surface area (Å²) in [5, 5.41) is 5.87. The third-order valence-electron chi connectivity index (χ3n) is 5.24. The number of nitrogens with zero attached hydrogens (tertiary/aromatic N) is 3. The maximum absolute atomic E-state index is 13.4. The van der Waals surface area contributed by atoms with Crippen molar-refractivity contribution in [3.63, 3.8) is 0 Å². The zero-order valence-electron chi connectivity index (χ0n) is 14.2. The Bertz CT molecular complexity index is 785. The third kappa shape index (κ3) is 2.67. The SMILES string of the molecule is CCN(CN1C=Cc2oncc2C1)C(=O)[C@@]1(c2cccs2)C[C@H]1CN. The van der Waals surface area contributed by atoms with Crippen LogP contribution in [0.1, 0.15) is 29.5 Å². The molecule has 6 nitrogen and oxygen atoms in total. The lowest BCUT2D eigenvalue weighted by molar-refractivity contribution is -0.135. The van der Waals surface area contributed by atoms with Crippen LogP contribution in [0.4, 0.5) is 0 Å². The second-order valence-corrected chi connectivity index (χ2v) is 7.61. The fourth-order valence-corrected chi connectivity index (χ4v) is 4.70. The van der Waals surface area contributed by atoms with Crippen LogP contribution in [-0.4, -0.2) is 40.6 Å². The summed E-state index contributed by atoms with van der Waals surface area (Å²) in [6, 6.07) is 4.08. The Hall–Kier alpha value is -2.12. The molecular weight excluding hydrogens is 336 g/mol. The van der Waals surface area contributed by atoms with Crippen LogP contribution in [0.15, 0.2) is 34.4 Å². The standard InChI is InChI=1S/C18H22N4O2S/c1-2-22(12-21-6-5-15-13(11-21)10-20-24-15)17(23)18(8-14(18)9-19)16-4-3-7-25-16/h3-7,10,14H,2,8-9,11-12,19H2,1H3/t14-,18-/m0/s1. The lowest BCUT2D eigenvalue weighted by Gasteiger charge is -2.32.